The summed E-state index contributed by atoms with van der Waals surface area (Å²) in [6.45, 7) is 12.9. The van der Waals surface area contributed by atoms with Crippen molar-refractivity contribution in [3.05, 3.63) is 0 Å². The number of guanidine groups is 1. The average Bonchev–Trinajstić information content (AvgIpc) is 2.47. The third-order valence-corrected chi connectivity index (χ3v) is 3.31. The molecule has 6 nitrogen and oxygen atoms in total. The molecule has 22 heavy (non-hydrogen) atoms. The van der Waals surface area contributed by atoms with Gasteiger partial charge in [0, 0.05) is 39.2 Å². The first-order valence-electron chi connectivity index (χ1n) is 8.26. The van der Waals surface area contributed by atoms with Gasteiger partial charge in [0.2, 0.25) is 5.91 Å². The normalized spacial score (nSPS) is 13.4. The van der Waals surface area contributed by atoms with E-state index in [1.807, 2.05) is 20.8 Å². The fraction of sp³-hybridized carbons (Fsp3) is 0.875. The molecule has 0 aliphatic carbocycles. The number of carbonyl (C=O) groups is 1. The monoisotopic (exact) mass is 314 g/mol. The Morgan fingerprint density at radius 1 is 1.05 bits per heavy atom. The van der Waals surface area contributed by atoms with E-state index in [9.17, 15) is 4.79 Å². The van der Waals surface area contributed by atoms with Crippen LogP contribution < -0.4 is 16.0 Å². The zero-order valence-corrected chi connectivity index (χ0v) is 15.0. The lowest BCUT2D eigenvalue weighted by atomic mass is 10.0. The molecule has 1 unspecified atom stereocenters. The summed E-state index contributed by atoms with van der Waals surface area (Å²) in [5, 5.41) is 9.32. The molecule has 0 aromatic heterocycles. The number of nitrogens with one attached hydrogen (secondary N) is 3. The van der Waals surface area contributed by atoms with Crippen molar-refractivity contribution in [3.63, 3.8) is 0 Å². The number of hydrogen-bond acceptors (Lipinski definition) is 3. The second-order valence-corrected chi connectivity index (χ2v) is 5.90. The molecule has 0 aliphatic rings. The van der Waals surface area contributed by atoms with Gasteiger partial charge in [-0.05, 0) is 19.3 Å². The van der Waals surface area contributed by atoms with Gasteiger partial charge < -0.3 is 20.7 Å². The largest absolute Gasteiger partial charge is 0.378 e. The molecule has 130 valence electrons. The summed E-state index contributed by atoms with van der Waals surface area (Å²) < 4.78 is 5.72. The van der Waals surface area contributed by atoms with Crippen LogP contribution >= 0.6 is 0 Å². The molecule has 0 saturated carbocycles. The zero-order valence-electron chi connectivity index (χ0n) is 15.0. The Hall–Kier alpha value is -1.30. The van der Waals surface area contributed by atoms with Gasteiger partial charge in [-0.1, -0.05) is 27.7 Å². The Bertz CT molecular complexity index is 330. The fourth-order valence-corrected chi connectivity index (χ4v) is 1.95. The maximum absolute atomic E-state index is 11.4. The van der Waals surface area contributed by atoms with E-state index in [1.54, 1.807) is 7.05 Å². The molecule has 1 atom stereocenters. The summed E-state index contributed by atoms with van der Waals surface area (Å²) >= 11 is 0. The van der Waals surface area contributed by atoms with E-state index in [1.165, 1.54) is 0 Å². The van der Waals surface area contributed by atoms with Gasteiger partial charge in [-0.15, -0.1) is 0 Å². The van der Waals surface area contributed by atoms with Gasteiger partial charge in [0.05, 0.1) is 6.10 Å². The molecule has 3 N–H and O–H groups in total. The summed E-state index contributed by atoms with van der Waals surface area (Å²) in [4.78, 5) is 15.6. The molecule has 0 aromatic rings. The molecule has 0 bridgehead atoms. The molecule has 1 amide bonds. The second kappa shape index (κ2) is 12.3. The Labute approximate surface area is 135 Å². The van der Waals surface area contributed by atoms with Crippen LogP contribution in [0.5, 0.6) is 0 Å². The summed E-state index contributed by atoms with van der Waals surface area (Å²) in [6, 6.07) is 0. The minimum atomic E-state index is 0.0176. The summed E-state index contributed by atoms with van der Waals surface area (Å²) in [6.07, 6.45) is 1.21. The van der Waals surface area contributed by atoms with Crippen molar-refractivity contribution >= 4 is 11.9 Å². The number of carbonyl (C=O) groups excluding carboxylic acids is 1. The van der Waals surface area contributed by atoms with Gasteiger partial charge >= 0.3 is 0 Å². The highest BCUT2D eigenvalue weighted by Crippen LogP contribution is 2.09. The predicted molar refractivity (Wildman–Crippen MR) is 92.1 cm³/mol. The topological polar surface area (TPSA) is 74.8 Å². The van der Waals surface area contributed by atoms with E-state index < -0.39 is 0 Å². The Morgan fingerprint density at radius 2 is 1.64 bits per heavy atom. The van der Waals surface area contributed by atoms with Gasteiger partial charge in [0.1, 0.15) is 0 Å². The number of aliphatic imine (C=N–C) groups is 1. The highest BCUT2D eigenvalue weighted by atomic mass is 16.5. The van der Waals surface area contributed by atoms with Crippen LogP contribution in [0.15, 0.2) is 4.99 Å². The lowest BCUT2D eigenvalue weighted by Crippen LogP contribution is -2.43. The Balaban J connectivity index is 3.91. The van der Waals surface area contributed by atoms with Crippen LogP contribution in [0.1, 0.15) is 41.0 Å². The van der Waals surface area contributed by atoms with Gasteiger partial charge in [-0.3, -0.25) is 9.79 Å². The summed E-state index contributed by atoms with van der Waals surface area (Å²) in [5.41, 5.74) is 0. The summed E-state index contributed by atoms with van der Waals surface area (Å²) in [7, 11) is 1.74. The fourth-order valence-electron chi connectivity index (χ4n) is 1.95. The van der Waals surface area contributed by atoms with Crippen molar-refractivity contribution in [1.82, 2.24) is 16.0 Å². The molecule has 0 radical (unpaired) electrons. The molecule has 0 aromatic carbocycles. The van der Waals surface area contributed by atoms with Crippen molar-refractivity contribution in [1.29, 1.82) is 0 Å². The van der Waals surface area contributed by atoms with Crippen molar-refractivity contribution in [2.24, 2.45) is 16.8 Å². The Morgan fingerprint density at radius 3 is 2.14 bits per heavy atom. The van der Waals surface area contributed by atoms with E-state index in [0.717, 1.165) is 25.5 Å². The summed E-state index contributed by atoms with van der Waals surface area (Å²) in [5.74, 6) is 1.34. The smallest absolute Gasteiger partial charge is 0.222 e. The van der Waals surface area contributed by atoms with Crippen LogP contribution in [0.2, 0.25) is 0 Å². The lowest BCUT2D eigenvalue weighted by molar-refractivity contribution is -0.123. The third-order valence-electron chi connectivity index (χ3n) is 3.31. The maximum atomic E-state index is 11.4. The highest BCUT2D eigenvalue weighted by Gasteiger charge is 2.12. The number of rotatable bonds is 10. The van der Waals surface area contributed by atoms with Crippen LogP contribution in [0.25, 0.3) is 0 Å². The molecular weight excluding hydrogens is 280 g/mol. The number of amides is 1. The highest BCUT2D eigenvalue weighted by molar-refractivity contribution is 5.80. The molecule has 0 saturated heterocycles. The van der Waals surface area contributed by atoms with Crippen molar-refractivity contribution in [3.8, 4) is 0 Å². The van der Waals surface area contributed by atoms with Crippen molar-refractivity contribution < 1.29 is 9.53 Å². The first-order valence-corrected chi connectivity index (χ1v) is 8.26. The van der Waals surface area contributed by atoms with Crippen LogP contribution in [0, 0.1) is 11.8 Å². The van der Waals surface area contributed by atoms with Crippen LogP contribution in [-0.2, 0) is 9.53 Å². The predicted octanol–water partition coefficient (Wildman–Crippen LogP) is 1.37. The van der Waals surface area contributed by atoms with Gasteiger partial charge in [-0.25, -0.2) is 0 Å². The maximum Gasteiger partial charge on any atom is 0.222 e. The SMILES string of the molecule is CCOC(CCNC(=NC)NCCNC(=O)C(C)C)C(C)C. The Kier molecular flexibility index (Phi) is 11.5. The standard InChI is InChI=1S/C16H34N4O2/c1-7-22-14(12(2)3)8-9-19-16(17-6)20-11-10-18-15(21)13(4)5/h12-14H,7-11H2,1-6H3,(H,18,21)(H2,17,19,20). The first-order chi connectivity index (χ1) is 10.4. The van der Waals surface area contributed by atoms with Crippen molar-refractivity contribution in [2.75, 3.05) is 33.3 Å². The van der Waals surface area contributed by atoms with Gasteiger partial charge in [0.15, 0.2) is 5.96 Å². The third kappa shape index (κ3) is 9.60. The molecule has 0 rings (SSSR count). The van der Waals surface area contributed by atoms with Crippen LogP contribution in [0.3, 0.4) is 0 Å². The zero-order chi connectivity index (χ0) is 17.0. The second-order valence-electron chi connectivity index (χ2n) is 5.90. The lowest BCUT2D eigenvalue weighted by Gasteiger charge is -2.21. The van der Waals surface area contributed by atoms with E-state index in [-0.39, 0.29) is 17.9 Å². The molecule has 0 heterocycles. The van der Waals surface area contributed by atoms with E-state index in [0.29, 0.717) is 19.0 Å². The van der Waals surface area contributed by atoms with Crippen LogP contribution in [0.4, 0.5) is 0 Å². The van der Waals surface area contributed by atoms with Gasteiger partial charge in [0.25, 0.3) is 0 Å². The molecular formula is C16H34N4O2. The van der Waals surface area contributed by atoms with E-state index in [4.69, 9.17) is 4.74 Å². The number of hydrogen-bond donors (Lipinski definition) is 3. The molecule has 6 heteroatoms. The minimum Gasteiger partial charge on any atom is -0.378 e. The average molecular weight is 314 g/mol. The van der Waals surface area contributed by atoms with E-state index in [2.05, 4.69) is 34.8 Å². The minimum absolute atomic E-state index is 0.0176. The van der Waals surface area contributed by atoms with E-state index >= 15 is 0 Å². The van der Waals surface area contributed by atoms with Crippen molar-refractivity contribution in [2.45, 2.75) is 47.1 Å². The van der Waals surface area contributed by atoms with Crippen LogP contribution in [-0.4, -0.2) is 51.3 Å². The molecule has 0 fully saturated rings. The molecule has 0 spiro atoms. The number of ether oxygens (including phenoxy) is 1. The first kappa shape index (κ1) is 20.7. The number of nitrogens with zero attached hydrogens (tertiary/aromatic N) is 1. The van der Waals surface area contributed by atoms with Gasteiger partial charge in [-0.2, -0.15) is 0 Å². The molecule has 0 aliphatic heterocycles. The quantitative estimate of drug-likeness (QED) is 0.323.